The van der Waals surface area contributed by atoms with Gasteiger partial charge in [-0.1, -0.05) is 6.07 Å². The molecule has 2 aromatic heterocycles. The van der Waals surface area contributed by atoms with Crippen molar-refractivity contribution in [1.82, 2.24) is 4.57 Å². The Hall–Kier alpha value is -2.19. The van der Waals surface area contributed by atoms with Gasteiger partial charge in [0.05, 0.1) is 4.53 Å². The topological polar surface area (TPSA) is 78.8 Å². The fourth-order valence-electron chi connectivity index (χ4n) is 1.90. The van der Waals surface area contributed by atoms with Crippen LogP contribution in [0.5, 0.6) is 0 Å². The highest BCUT2D eigenvalue weighted by Gasteiger charge is 2.09. The first-order valence-electron chi connectivity index (χ1n) is 6.49. The van der Waals surface area contributed by atoms with Gasteiger partial charge in [0.25, 0.3) is 5.56 Å². The van der Waals surface area contributed by atoms with Gasteiger partial charge in [-0.2, -0.15) is 10.5 Å². The number of rotatable bonds is 5. The molecule has 2 aromatic rings. The molecule has 0 aliphatic carbocycles. The number of methoxy groups -OCH3 is 1. The summed E-state index contributed by atoms with van der Waals surface area (Å²) in [5, 5.41) is 20.1. The fourth-order valence-corrected chi connectivity index (χ4v) is 3.70. The Morgan fingerprint density at radius 1 is 1.45 bits per heavy atom. The van der Waals surface area contributed by atoms with Crippen LogP contribution in [0.2, 0.25) is 0 Å². The van der Waals surface area contributed by atoms with Crippen molar-refractivity contribution in [3.05, 3.63) is 41.9 Å². The number of ether oxygens (including phenoxy) is 1. The lowest BCUT2D eigenvalue weighted by Gasteiger charge is -2.01. The molecule has 0 radical (unpaired) electrons. The molecule has 0 aromatic carbocycles. The van der Waals surface area contributed by atoms with Crippen molar-refractivity contribution < 1.29 is 4.74 Å². The van der Waals surface area contributed by atoms with Gasteiger partial charge in [-0.3, -0.25) is 9.36 Å². The van der Waals surface area contributed by atoms with Crippen LogP contribution in [0.25, 0.3) is 11.6 Å². The predicted molar refractivity (Wildman–Crippen MR) is 86.8 cm³/mol. The molecule has 0 atom stereocenters. The molecule has 2 heterocycles. The lowest BCUT2D eigenvalue weighted by molar-refractivity contribution is 0.190. The van der Waals surface area contributed by atoms with Gasteiger partial charge in [-0.15, -0.1) is 22.7 Å². The van der Waals surface area contributed by atoms with Crippen LogP contribution in [0, 0.1) is 22.7 Å². The van der Waals surface area contributed by atoms with E-state index in [-0.39, 0.29) is 11.1 Å². The van der Waals surface area contributed by atoms with E-state index in [0.29, 0.717) is 28.8 Å². The molecule has 0 aliphatic heterocycles. The van der Waals surface area contributed by atoms with E-state index in [4.69, 9.17) is 15.3 Å². The summed E-state index contributed by atoms with van der Waals surface area (Å²) in [5.41, 5.74) is -0.210. The van der Waals surface area contributed by atoms with Gasteiger partial charge in [0, 0.05) is 25.1 Å². The molecule has 0 aliphatic rings. The Labute approximate surface area is 135 Å². The lowest BCUT2D eigenvalue weighted by atomic mass is 10.3. The van der Waals surface area contributed by atoms with Crippen LogP contribution in [-0.2, 0) is 11.3 Å². The van der Waals surface area contributed by atoms with E-state index in [1.165, 1.54) is 27.2 Å². The molecule has 0 saturated heterocycles. The van der Waals surface area contributed by atoms with Crippen LogP contribution < -0.4 is 14.8 Å². The number of nitriles is 2. The summed E-state index contributed by atoms with van der Waals surface area (Å²) >= 11 is 2.71. The number of thiophene rings is 1. The Kier molecular flexibility index (Phi) is 5.68. The monoisotopic (exact) mass is 331 g/mol. The van der Waals surface area contributed by atoms with Crippen molar-refractivity contribution in [2.75, 3.05) is 13.7 Å². The van der Waals surface area contributed by atoms with Gasteiger partial charge in [0.2, 0.25) is 0 Å². The first-order valence-corrected chi connectivity index (χ1v) is 8.19. The first kappa shape index (κ1) is 16.2. The van der Waals surface area contributed by atoms with Crippen molar-refractivity contribution in [3.8, 4) is 12.1 Å². The van der Waals surface area contributed by atoms with Gasteiger partial charge in [0.1, 0.15) is 16.8 Å². The highest BCUT2D eigenvalue weighted by atomic mass is 32.1. The quantitative estimate of drug-likeness (QED) is 0.767. The van der Waals surface area contributed by atoms with Gasteiger partial charge in [-0.25, -0.2) is 0 Å². The van der Waals surface area contributed by atoms with E-state index >= 15 is 0 Å². The smallest absolute Gasteiger partial charge is 0.269 e. The third-order valence-electron chi connectivity index (χ3n) is 2.89. The van der Waals surface area contributed by atoms with Gasteiger partial charge in [0.15, 0.2) is 5.57 Å². The van der Waals surface area contributed by atoms with Crippen LogP contribution in [-0.4, -0.2) is 18.3 Å². The molecule has 2 rings (SSSR count). The number of hydrogen-bond donors (Lipinski definition) is 0. The van der Waals surface area contributed by atoms with Gasteiger partial charge < -0.3 is 4.74 Å². The zero-order valence-electron chi connectivity index (χ0n) is 11.9. The minimum absolute atomic E-state index is 0.0367. The average molecular weight is 331 g/mol. The second-order valence-corrected chi connectivity index (χ2v) is 6.34. The molecule has 0 fully saturated rings. The van der Waals surface area contributed by atoms with E-state index in [0.717, 1.165) is 4.88 Å². The lowest BCUT2D eigenvalue weighted by Crippen LogP contribution is -2.32. The maximum atomic E-state index is 12.5. The maximum absolute atomic E-state index is 12.5. The fraction of sp³-hybridized carbons (Fsp3) is 0.267. The van der Waals surface area contributed by atoms with Crippen LogP contribution in [0.3, 0.4) is 0 Å². The minimum atomic E-state index is -0.174. The SMILES string of the molecule is COCCCn1c(=C(C#N)C#N)s/c(=C/c2cccs2)c1=O. The van der Waals surface area contributed by atoms with Gasteiger partial charge >= 0.3 is 0 Å². The maximum Gasteiger partial charge on any atom is 0.269 e. The van der Waals surface area contributed by atoms with E-state index in [1.807, 2.05) is 29.7 Å². The molecule has 0 N–H and O–H groups in total. The molecule has 0 unspecified atom stereocenters. The Morgan fingerprint density at radius 2 is 2.23 bits per heavy atom. The highest BCUT2D eigenvalue weighted by molar-refractivity contribution is 7.11. The standard InChI is InChI=1S/C15H13N3O2S2/c1-20-6-3-5-18-14(19)13(8-12-4-2-7-21-12)22-15(18)11(9-16)10-17/h2,4,7-8H,3,5-6H2,1H3/b13-8+. The molecule has 112 valence electrons. The van der Waals surface area contributed by atoms with E-state index in [2.05, 4.69) is 0 Å². The molecular weight excluding hydrogens is 318 g/mol. The summed E-state index contributed by atoms with van der Waals surface area (Å²) in [5.74, 6) is 0. The summed E-state index contributed by atoms with van der Waals surface area (Å²) in [7, 11) is 1.59. The van der Waals surface area contributed by atoms with Crippen LogP contribution >= 0.6 is 22.7 Å². The predicted octanol–water partition coefficient (Wildman–Crippen LogP) is 1.03. The third-order valence-corrected chi connectivity index (χ3v) is 4.84. The Bertz CT molecular complexity index is 877. The molecular formula is C15H13N3O2S2. The number of aromatic nitrogens is 1. The summed E-state index contributed by atoms with van der Waals surface area (Å²) in [6.07, 6.45) is 2.43. The average Bonchev–Trinajstić information content (AvgIpc) is 3.13. The van der Waals surface area contributed by atoms with Crippen molar-refractivity contribution in [2.24, 2.45) is 0 Å². The third kappa shape index (κ3) is 3.52. The largest absolute Gasteiger partial charge is 0.385 e. The van der Waals surface area contributed by atoms with E-state index in [9.17, 15) is 4.79 Å². The summed E-state index contributed by atoms with van der Waals surface area (Å²) in [6, 6.07) is 7.55. The molecule has 5 nitrogen and oxygen atoms in total. The zero-order chi connectivity index (χ0) is 15.9. The minimum Gasteiger partial charge on any atom is -0.385 e. The molecule has 0 bridgehead atoms. The van der Waals surface area contributed by atoms with E-state index in [1.54, 1.807) is 13.2 Å². The normalized spacial score (nSPS) is 11.1. The summed E-state index contributed by atoms with van der Waals surface area (Å²) in [6.45, 7) is 0.934. The van der Waals surface area contributed by atoms with E-state index < -0.39 is 0 Å². The molecule has 0 spiro atoms. The highest BCUT2D eigenvalue weighted by Crippen LogP contribution is 2.08. The summed E-state index contributed by atoms with van der Waals surface area (Å²) in [4.78, 5) is 13.5. The second-order valence-electron chi connectivity index (χ2n) is 4.33. The second kappa shape index (κ2) is 7.71. The molecule has 0 amide bonds. The first-order chi connectivity index (χ1) is 10.7. The van der Waals surface area contributed by atoms with Crippen LogP contribution in [0.15, 0.2) is 22.3 Å². The van der Waals surface area contributed by atoms with Crippen molar-refractivity contribution in [1.29, 1.82) is 10.5 Å². The van der Waals surface area contributed by atoms with Crippen molar-refractivity contribution >= 4 is 34.3 Å². The van der Waals surface area contributed by atoms with Crippen molar-refractivity contribution in [2.45, 2.75) is 13.0 Å². The van der Waals surface area contributed by atoms with Crippen LogP contribution in [0.1, 0.15) is 11.3 Å². The van der Waals surface area contributed by atoms with Crippen molar-refractivity contribution in [3.63, 3.8) is 0 Å². The van der Waals surface area contributed by atoms with Crippen LogP contribution in [0.4, 0.5) is 0 Å². The Morgan fingerprint density at radius 3 is 2.82 bits per heavy atom. The number of hydrogen-bond acceptors (Lipinski definition) is 6. The number of nitrogens with zero attached hydrogens (tertiary/aromatic N) is 3. The Balaban J connectivity index is 2.64. The molecule has 0 saturated carbocycles. The molecule has 7 heteroatoms. The van der Waals surface area contributed by atoms with Gasteiger partial charge in [-0.05, 0) is 23.9 Å². The zero-order valence-corrected chi connectivity index (χ0v) is 13.5. The molecule has 22 heavy (non-hydrogen) atoms. The summed E-state index contributed by atoms with van der Waals surface area (Å²) < 4.78 is 7.42. The number of thiazole rings is 1.